The molecule has 75 valence electrons. The van der Waals surface area contributed by atoms with Crippen molar-refractivity contribution in [3.8, 4) is 0 Å². The van der Waals surface area contributed by atoms with Crippen LogP contribution in [0.1, 0.15) is 30.4 Å². The molecule has 0 atom stereocenters. The molecule has 0 heteroatoms. The summed E-state index contributed by atoms with van der Waals surface area (Å²) in [6, 6.07) is 14.3. The zero-order chi connectivity index (χ0) is 10.1. The van der Waals surface area contributed by atoms with E-state index >= 15 is 0 Å². The zero-order valence-electron chi connectivity index (χ0n) is 8.92. The molecule has 0 aliphatic heterocycles. The number of hydrogen-bond donors (Lipinski definition) is 0. The third-order valence-corrected chi connectivity index (χ3v) is 3.41. The minimum atomic E-state index is 1.22. The van der Waals surface area contributed by atoms with Gasteiger partial charge in [0.05, 0.1) is 0 Å². The standard InChI is InChI=1S/C15H15/c1-2-6-12-10-11-13-7-4-5-9-15(13)14(12)8-3-1/h4-5,7,9,11H,1-3,6,8H2. The van der Waals surface area contributed by atoms with Crippen LogP contribution < -0.4 is 0 Å². The maximum absolute atomic E-state index is 3.47. The Morgan fingerprint density at radius 2 is 1.80 bits per heavy atom. The summed E-state index contributed by atoms with van der Waals surface area (Å²) >= 11 is 0. The zero-order valence-corrected chi connectivity index (χ0v) is 8.92. The quantitative estimate of drug-likeness (QED) is 0.559. The van der Waals surface area contributed by atoms with Crippen LogP contribution in [-0.4, -0.2) is 0 Å². The molecule has 0 N–H and O–H groups in total. The first-order valence-corrected chi connectivity index (χ1v) is 5.86. The molecule has 0 spiro atoms. The molecular formula is C15H15. The molecule has 0 nitrogen and oxygen atoms in total. The van der Waals surface area contributed by atoms with Crippen LogP contribution >= 0.6 is 0 Å². The minimum absolute atomic E-state index is 1.22. The first kappa shape index (κ1) is 8.96. The second-order valence-electron chi connectivity index (χ2n) is 4.39. The van der Waals surface area contributed by atoms with E-state index in [4.69, 9.17) is 0 Å². The van der Waals surface area contributed by atoms with Gasteiger partial charge in [-0.3, -0.25) is 0 Å². The first-order valence-electron chi connectivity index (χ1n) is 5.86. The summed E-state index contributed by atoms with van der Waals surface area (Å²) in [6.07, 6.45) is 6.51. The molecule has 1 aliphatic rings. The maximum atomic E-state index is 3.47. The van der Waals surface area contributed by atoms with Crippen LogP contribution in [0.2, 0.25) is 0 Å². The Hall–Kier alpha value is -1.30. The van der Waals surface area contributed by atoms with Crippen molar-refractivity contribution >= 4 is 10.8 Å². The van der Waals surface area contributed by atoms with E-state index in [0.717, 1.165) is 0 Å². The van der Waals surface area contributed by atoms with Crippen molar-refractivity contribution < 1.29 is 0 Å². The van der Waals surface area contributed by atoms with E-state index in [2.05, 4.69) is 36.4 Å². The fourth-order valence-corrected chi connectivity index (χ4v) is 2.60. The first-order chi connectivity index (χ1) is 7.45. The van der Waals surface area contributed by atoms with Crippen molar-refractivity contribution in [1.82, 2.24) is 0 Å². The van der Waals surface area contributed by atoms with E-state index in [9.17, 15) is 0 Å². The molecule has 2 aromatic rings. The highest BCUT2D eigenvalue weighted by atomic mass is 14.1. The van der Waals surface area contributed by atoms with E-state index in [1.165, 1.54) is 48.4 Å². The van der Waals surface area contributed by atoms with Gasteiger partial charge in [0.1, 0.15) is 0 Å². The van der Waals surface area contributed by atoms with Crippen LogP contribution in [0.5, 0.6) is 0 Å². The summed E-state index contributed by atoms with van der Waals surface area (Å²) in [5.41, 5.74) is 3.02. The summed E-state index contributed by atoms with van der Waals surface area (Å²) in [6.45, 7) is 0. The Balaban J connectivity index is 2.27. The molecule has 2 aromatic carbocycles. The van der Waals surface area contributed by atoms with Gasteiger partial charge in [-0.15, -0.1) is 0 Å². The molecule has 0 aromatic heterocycles. The highest BCUT2D eigenvalue weighted by molar-refractivity contribution is 5.86. The van der Waals surface area contributed by atoms with Gasteiger partial charge in [-0.25, -0.2) is 0 Å². The third-order valence-electron chi connectivity index (χ3n) is 3.41. The van der Waals surface area contributed by atoms with Gasteiger partial charge >= 0.3 is 0 Å². The molecular weight excluding hydrogens is 180 g/mol. The largest absolute Gasteiger partial charge is 0.0616 e. The lowest BCUT2D eigenvalue weighted by atomic mass is 9.96. The minimum Gasteiger partial charge on any atom is -0.0616 e. The van der Waals surface area contributed by atoms with Crippen molar-refractivity contribution in [3.05, 3.63) is 47.5 Å². The SMILES string of the molecule is [c]1cc2ccccc2c2c1CCCCC2. The molecule has 0 saturated heterocycles. The lowest BCUT2D eigenvalue weighted by Crippen LogP contribution is -1.92. The smallest absolute Gasteiger partial charge is 0.0140 e. The van der Waals surface area contributed by atoms with Gasteiger partial charge in [-0.05, 0) is 59.7 Å². The molecule has 0 amide bonds. The Morgan fingerprint density at radius 3 is 2.80 bits per heavy atom. The van der Waals surface area contributed by atoms with Crippen molar-refractivity contribution in [2.24, 2.45) is 0 Å². The highest BCUT2D eigenvalue weighted by Gasteiger charge is 2.10. The average molecular weight is 195 g/mol. The van der Waals surface area contributed by atoms with Crippen molar-refractivity contribution in [3.63, 3.8) is 0 Å². The Kier molecular flexibility index (Phi) is 2.21. The predicted molar refractivity (Wildman–Crippen MR) is 64.0 cm³/mol. The molecule has 0 saturated carbocycles. The number of aryl methyl sites for hydroxylation is 2. The summed E-state index contributed by atoms with van der Waals surface area (Å²) in [7, 11) is 0. The molecule has 0 unspecified atom stereocenters. The van der Waals surface area contributed by atoms with Crippen LogP contribution in [0, 0.1) is 6.07 Å². The van der Waals surface area contributed by atoms with Gasteiger partial charge in [0.15, 0.2) is 0 Å². The van der Waals surface area contributed by atoms with Crippen molar-refractivity contribution in [1.29, 1.82) is 0 Å². The number of rotatable bonds is 0. The Bertz CT molecular complexity index is 482. The van der Waals surface area contributed by atoms with Crippen LogP contribution in [0.15, 0.2) is 30.3 Å². The fraction of sp³-hybridized carbons (Fsp3) is 0.333. The molecule has 0 bridgehead atoms. The number of fused-ring (bicyclic) bond motifs is 3. The van der Waals surface area contributed by atoms with Gasteiger partial charge in [0, 0.05) is 0 Å². The summed E-state index contributed by atoms with van der Waals surface area (Å²) in [4.78, 5) is 0. The topological polar surface area (TPSA) is 0 Å². The van der Waals surface area contributed by atoms with Crippen LogP contribution in [0.25, 0.3) is 10.8 Å². The van der Waals surface area contributed by atoms with Gasteiger partial charge in [-0.1, -0.05) is 30.7 Å². The number of benzene rings is 2. The maximum Gasteiger partial charge on any atom is -0.0140 e. The van der Waals surface area contributed by atoms with E-state index in [1.54, 1.807) is 5.56 Å². The molecule has 0 heterocycles. The second-order valence-corrected chi connectivity index (χ2v) is 4.39. The van der Waals surface area contributed by atoms with E-state index in [1.807, 2.05) is 0 Å². The fourth-order valence-electron chi connectivity index (χ4n) is 2.60. The van der Waals surface area contributed by atoms with Gasteiger partial charge in [-0.2, -0.15) is 0 Å². The third kappa shape index (κ3) is 1.54. The monoisotopic (exact) mass is 195 g/mol. The van der Waals surface area contributed by atoms with Gasteiger partial charge in [0.25, 0.3) is 0 Å². The predicted octanol–water partition coefficient (Wildman–Crippen LogP) is 3.91. The van der Waals surface area contributed by atoms with E-state index in [-0.39, 0.29) is 0 Å². The van der Waals surface area contributed by atoms with Crippen molar-refractivity contribution in [2.75, 3.05) is 0 Å². The molecule has 3 rings (SSSR count). The lowest BCUT2D eigenvalue weighted by Gasteiger charge is -2.09. The second kappa shape index (κ2) is 3.69. The van der Waals surface area contributed by atoms with Crippen LogP contribution in [-0.2, 0) is 12.8 Å². The summed E-state index contributed by atoms with van der Waals surface area (Å²) < 4.78 is 0. The Labute approximate surface area is 90.9 Å². The van der Waals surface area contributed by atoms with Crippen molar-refractivity contribution in [2.45, 2.75) is 32.1 Å². The van der Waals surface area contributed by atoms with Gasteiger partial charge in [0.2, 0.25) is 0 Å². The lowest BCUT2D eigenvalue weighted by molar-refractivity contribution is 0.712. The summed E-state index contributed by atoms with van der Waals surface area (Å²) in [5, 5.41) is 2.80. The van der Waals surface area contributed by atoms with Gasteiger partial charge < -0.3 is 0 Å². The molecule has 15 heavy (non-hydrogen) atoms. The van der Waals surface area contributed by atoms with E-state index in [0.29, 0.717) is 0 Å². The van der Waals surface area contributed by atoms with E-state index < -0.39 is 0 Å². The molecule has 0 fully saturated rings. The van der Waals surface area contributed by atoms with Crippen LogP contribution in [0.4, 0.5) is 0 Å². The Morgan fingerprint density at radius 1 is 0.933 bits per heavy atom. The molecule has 1 radical (unpaired) electrons. The highest BCUT2D eigenvalue weighted by Crippen LogP contribution is 2.27. The average Bonchev–Trinajstić information content (AvgIpc) is 2.54. The molecule has 1 aliphatic carbocycles. The normalized spacial score (nSPS) is 16.0. The summed E-state index contributed by atoms with van der Waals surface area (Å²) in [5.74, 6) is 0. The number of hydrogen-bond acceptors (Lipinski definition) is 0. The van der Waals surface area contributed by atoms with Crippen LogP contribution in [0.3, 0.4) is 0 Å².